The zero-order chi connectivity index (χ0) is 25.6. The molecule has 0 N–H and O–H groups in total. The SMILES string of the molecule is Brc1c2c(c([C]c3c4c(c(Br)c5c3C3CCC5CC3)C3CCC4CC3)c3c1C1CCC3CC1)C1CCC2CC1. The van der Waals surface area contributed by atoms with Crippen LogP contribution in [0.5, 0.6) is 0 Å². The Morgan fingerprint density at radius 3 is 0.692 bits per heavy atom. The number of hydrogen-bond acceptors (Lipinski definition) is 0. The largest absolute Gasteiger partial charge is 0.0514 e. The van der Waals surface area contributed by atoms with Crippen LogP contribution in [0.3, 0.4) is 0 Å². The van der Waals surface area contributed by atoms with Crippen LogP contribution in [-0.2, 0) is 0 Å². The fourth-order valence-electron chi connectivity index (χ4n) is 12.0. The van der Waals surface area contributed by atoms with Gasteiger partial charge in [-0.05, 0) is 206 Å². The van der Waals surface area contributed by atoms with Gasteiger partial charge in [0.25, 0.3) is 0 Å². The lowest BCUT2D eigenvalue weighted by atomic mass is 9.57. The molecular weight excluding hydrogens is 604 g/mol. The zero-order valence-electron chi connectivity index (χ0n) is 23.2. The predicted octanol–water partition coefficient (Wildman–Crippen LogP) is 11.7. The second-order valence-electron chi connectivity index (χ2n) is 15.0. The van der Waals surface area contributed by atoms with E-state index in [4.69, 9.17) is 0 Å². The van der Waals surface area contributed by atoms with E-state index in [0.29, 0.717) is 0 Å². The second-order valence-corrected chi connectivity index (χ2v) is 16.6. The highest BCUT2D eigenvalue weighted by molar-refractivity contribution is 9.11. The summed E-state index contributed by atoms with van der Waals surface area (Å²) in [5.41, 5.74) is 17.5. The molecule has 2 aromatic carbocycles. The van der Waals surface area contributed by atoms with Crippen LogP contribution < -0.4 is 0 Å². The highest BCUT2D eigenvalue weighted by Crippen LogP contribution is 2.64. The van der Waals surface area contributed by atoms with Gasteiger partial charge in [0.15, 0.2) is 0 Å². The molecule has 0 nitrogen and oxygen atoms in total. The number of rotatable bonds is 2. The number of hydrogen-bond donors (Lipinski definition) is 0. The van der Waals surface area contributed by atoms with Crippen LogP contribution in [0.2, 0.25) is 0 Å². The summed E-state index contributed by atoms with van der Waals surface area (Å²) in [6, 6.07) is 0. The molecule has 2 aromatic rings. The molecule has 39 heavy (non-hydrogen) atoms. The molecular formula is C37H40Br2. The first-order valence-electron chi connectivity index (χ1n) is 16.7. The molecule has 0 unspecified atom stereocenters. The van der Waals surface area contributed by atoms with Gasteiger partial charge in [-0.2, -0.15) is 0 Å². The molecule has 0 atom stereocenters. The molecule has 8 bridgehead atoms. The molecule has 4 saturated carbocycles. The van der Waals surface area contributed by atoms with Crippen LogP contribution in [0, 0.1) is 6.42 Å². The van der Waals surface area contributed by atoms with Crippen molar-refractivity contribution in [2.45, 2.75) is 150 Å². The summed E-state index contributed by atoms with van der Waals surface area (Å²) in [5.74, 6) is 6.20. The lowest BCUT2D eigenvalue weighted by molar-refractivity contribution is 0.334. The minimum absolute atomic E-state index is 0.768. The molecule has 0 aliphatic heterocycles. The number of fused-ring (bicyclic) bond motifs is 8. The Morgan fingerprint density at radius 2 is 0.487 bits per heavy atom. The van der Waals surface area contributed by atoms with E-state index >= 15 is 0 Å². The van der Waals surface area contributed by atoms with Gasteiger partial charge >= 0.3 is 0 Å². The van der Waals surface area contributed by atoms with Crippen molar-refractivity contribution in [3.8, 4) is 0 Å². The van der Waals surface area contributed by atoms with Crippen molar-refractivity contribution >= 4 is 31.9 Å². The third-order valence-electron chi connectivity index (χ3n) is 13.6. The zero-order valence-corrected chi connectivity index (χ0v) is 26.4. The van der Waals surface area contributed by atoms with Gasteiger partial charge in [0.2, 0.25) is 0 Å². The van der Waals surface area contributed by atoms with Crippen molar-refractivity contribution in [2.75, 3.05) is 0 Å². The normalized spacial score (nSPS) is 38.0. The maximum atomic E-state index is 4.57. The summed E-state index contributed by atoms with van der Waals surface area (Å²) in [6.45, 7) is 0. The number of halogens is 2. The van der Waals surface area contributed by atoms with Gasteiger partial charge in [-0.1, -0.05) is 31.9 Å². The molecule has 4 fully saturated rings. The Labute approximate surface area is 251 Å². The van der Waals surface area contributed by atoms with E-state index in [0.717, 1.165) is 47.3 Å². The Hall–Kier alpha value is -0.600. The first-order chi connectivity index (χ1) is 19.2. The van der Waals surface area contributed by atoms with Crippen molar-refractivity contribution in [2.24, 2.45) is 0 Å². The third-order valence-corrected chi connectivity index (χ3v) is 15.3. The molecule has 202 valence electrons. The van der Waals surface area contributed by atoms with E-state index < -0.39 is 0 Å². The summed E-state index contributed by atoms with van der Waals surface area (Å²) in [6.07, 6.45) is 27.2. The second kappa shape index (κ2) is 8.49. The van der Waals surface area contributed by atoms with Crippen molar-refractivity contribution in [1.29, 1.82) is 0 Å². The summed E-state index contributed by atoms with van der Waals surface area (Å²) in [7, 11) is 0. The first kappa shape index (κ1) is 23.9. The van der Waals surface area contributed by atoms with Gasteiger partial charge in [-0.25, -0.2) is 0 Å². The topological polar surface area (TPSA) is 0 Å². The molecule has 12 aliphatic carbocycles. The lowest BCUT2D eigenvalue weighted by Crippen LogP contribution is -2.32. The van der Waals surface area contributed by atoms with Gasteiger partial charge in [0.05, 0.1) is 6.42 Å². The molecule has 0 aromatic heterocycles. The average Bonchev–Trinajstić information content (AvgIpc) is 3.02. The molecule has 0 heterocycles. The minimum Gasteiger partial charge on any atom is -0.0502 e. The molecule has 12 aliphatic rings. The molecule has 0 spiro atoms. The van der Waals surface area contributed by atoms with E-state index in [1.165, 1.54) is 103 Å². The highest BCUT2D eigenvalue weighted by atomic mass is 79.9. The molecule has 2 heteroatoms. The Morgan fingerprint density at radius 1 is 0.308 bits per heavy atom. The maximum Gasteiger partial charge on any atom is 0.0514 e. The van der Waals surface area contributed by atoms with Gasteiger partial charge < -0.3 is 0 Å². The third kappa shape index (κ3) is 3.08. The van der Waals surface area contributed by atoms with Crippen molar-refractivity contribution in [1.82, 2.24) is 0 Å². The summed E-state index contributed by atoms with van der Waals surface area (Å²) >= 11 is 8.65. The average molecular weight is 645 g/mol. The fraction of sp³-hybridized carbons (Fsp3) is 0.649. The van der Waals surface area contributed by atoms with Crippen LogP contribution in [-0.4, -0.2) is 0 Å². The van der Waals surface area contributed by atoms with E-state index in [-0.39, 0.29) is 0 Å². The highest BCUT2D eigenvalue weighted by Gasteiger charge is 2.47. The molecule has 2 radical (unpaired) electrons. The maximum absolute atomic E-state index is 4.57. The van der Waals surface area contributed by atoms with Gasteiger partial charge in [0, 0.05) is 8.95 Å². The van der Waals surface area contributed by atoms with Crippen molar-refractivity contribution in [3.05, 3.63) is 71.0 Å². The Bertz CT molecular complexity index is 1190. The van der Waals surface area contributed by atoms with E-state index in [9.17, 15) is 0 Å². The molecule has 0 saturated heterocycles. The van der Waals surface area contributed by atoms with Crippen LogP contribution in [0.25, 0.3) is 0 Å². The quantitative estimate of drug-likeness (QED) is 0.305. The minimum atomic E-state index is 0.768. The molecule has 0 amide bonds. The summed E-state index contributed by atoms with van der Waals surface area (Å²) in [4.78, 5) is 0. The Balaban J connectivity index is 1.27. The van der Waals surface area contributed by atoms with Crippen LogP contribution in [0.15, 0.2) is 8.95 Å². The fourth-order valence-corrected chi connectivity index (χ4v) is 14.1. The van der Waals surface area contributed by atoms with Crippen molar-refractivity contribution < 1.29 is 0 Å². The summed E-state index contributed by atoms with van der Waals surface area (Å²) < 4.78 is 3.14. The number of benzene rings is 2. The van der Waals surface area contributed by atoms with Crippen LogP contribution in [0.1, 0.15) is 206 Å². The predicted molar refractivity (Wildman–Crippen MR) is 166 cm³/mol. The first-order valence-corrected chi connectivity index (χ1v) is 18.3. The van der Waals surface area contributed by atoms with Crippen LogP contribution in [0.4, 0.5) is 0 Å². The van der Waals surface area contributed by atoms with E-state index in [1.54, 1.807) is 64.6 Å². The smallest absolute Gasteiger partial charge is 0.0502 e. The lowest BCUT2D eigenvalue weighted by Gasteiger charge is -2.49. The monoisotopic (exact) mass is 642 g/mol. The van der Waals surface area contributed by atoms with Crippen molar-refractivity contribution in [3.63, 3.8) is 0 Å². The van der Waals surface area contributed by atoms with Crippen LogP contribution >= 0.6 is 31.9 Å². The molecule has 14 rings (SSSR count). The van der Waals surface area contributed by atoms with E-state index in [1.807, 2.05) is 0 Å². The van der Waals surface area contributed by atoms with E-state index in [2.05, 4.69) is 38.3 Å². The van der Waals surface area contributed by atoms with Gasteiger partial charge in [-0.3, -0.25) is 0 Å². The summed E-state index contributed by atoms with van der Waals surface area (Å²) in [5, 5.41) is 0. The standard InChI is InChI=1S/C37H40Br2/c38-36-32-22-9-1-18(2-10-22)28(32)26(29-19-3-11-23(12-4-19)33(29)36)17-27-30-20-5-13-24(14-6-20)34(30)37(39)35-25-15-7-21(8-16-25)31(27)35/h18-25H,1-16H2. The van der Waals surface area contributed by atoms with Gasteiger partial charge in [-0.15, -0.1) is 0 Å². The Kier molecular flexibility index (Phi) is 5.20. The van der Waals surface area contributed by atoms with Gasteiger partial charge in [0.1, 0.15) is 0 Å².